The molecule has 4 rings (SSSR count). The number of alkyl halides is 1. The molecule has 3 atom stereocenters. The van der Waals surface area contributed by atoms with Crippen LogP contribution in [-0.4, -0.2) is 97.7 Å². The van der Waals surface area contributed by atoms with E-state index in [0.29, 0.717) is 30.4 Å². The number of nitrogens with zero attached hydrogens (tertiary/aromatic N) is 3. The average Bonchev–Trinajstić information content (AvgIpc) is 3.34. The second kappa shape index (κ2) is 15.6. The third-order valence-corrected chi connectivity index (χ3v) is 10.9. The minimum Gasteiger partial charge on any atom is -0.508 e. The van der Waals surface area contributed by atoms with Crippen LogP contribution in [0.25, 0.3) is 0 Å². The molecular weight excluding hydrogens is 606 g/mol. The molecule has 10 nitrogen and oxygen atoms in total. The van der Waals surface area contributed by atoms with Crippen LogP contribution in [0, 0.1) is 0 Å². The minimum atomic E-state index is -3.88. The average molecular weight is 652 g/mol. The van der Waals surface area contributed by atoms with E-state index in [2.05, 4.69) is 0 Å². The van der Waals surface area contributed by atoms with Gasteiger partial charge in [0.25, 0.3) is 10.2 Å². The lowest BCUT2D eigenvalue weighted by atomic mass is 9.82. The zero-order chi connectivity index (χ0) is 31.9. The number of halogens is 1. The number of phenols is 1. The largest absolute Gasteiger partial charge is 0.508 e. The highest BCUT2D eigenvalue weighted by Crippen LogP contribution is 2.37. The number of aromatic hydroxyl groups is 1. The van der Waals surface area contributed by atoms with Crippen LogP contribution in [0.2, 0.25) is 0 Å². The van der Waals surface area contributed by atoms with Crippen molar-refractivity contribution in [3.63, 3.8) is 0 Å². The molecule has 0 spiro atoms. The van der Waals surface area contributed by atoms with Crippen LogP contribution in [0.15, 0.2) is 48.5 Å². The molecule has 2 aromatic rings. The Bertz CT molecular complexity index is 1320. The quantitative estimate of drug-likeness (QED) is 0.230. The lowest BCUT2D eigenvalue weighted by molar-refractivity contribution is -0.0158. The summed E-state index contributed by atoms with van der Waals surface area (Å²) in [5.74, 6) is 1.67. The Kier molecular flexibility index (Phi) is 12.2. The van der Waals surface area contributed by atoms with Crippen LogP contribution in [0.1, 0.15) is 62.5 Å². The Morgan fingerprint density at radius 3 is 2.41 bits per heavy atom. The standard InChI is InChI=1S/C32H46ClN3O7S/c1-23-19-30(35(44(39,40)34(2)3)21-24-9-13-28(41-4)14-10-24)31(36(23)32(38)42-18-6-17-33)22-43-29-15-11-25(12-16-29)26-7-5-8-27(37)20-26/h5,7-10,13-14,20,23,25,29-31,37H,6,11-12,15-19,21-22H2,1-4H3/t23?,25?,29?,30-,31-/m0/s1. The van der Waals surface area contributed by atoms with Crippen molar-refractivity contribution in [2.45, 2.75) is 82.1 Å². The van der Waals surface area contributed by atoms with Crippen molar-refractivity contribution in [2.75, 3.05) is 40.3 Å². The Labute approximate surface area is 267 Å². The molecule has 1 aliphatic heterocycles. The Hall–Kier alpha value is -2.57. The zero-order valence-electron chi connectivity index (χ0n) is 26.1. The van der Waals surface area contributed by atoms with Gasteiger partial charge in [-0.1, -0.05) is 24.3 Å². The maximum Gasteiger partial charge on any atom is 0.410 e. The summed E-state index contributed by atoms with van der Waals surface area (Å²) >= 11 is 5.81. The topological polar surface area (TPSA) is 109 Å². The fourth-order valence-electron chi connectivity index (χ4n) is 6.30. The number of hydrogen-bond acceptors (Lipinski definition) is 7. The first-order chi connectivity index (χ1) is 21.0. The van der Waals surface area contributed by atoms with Gasteiger partial charge in [-0.25, -0.2) is 4.79 Å². The number of ether oxygens (including phenoxy) is 3. The van der Waals surface area contributed by atoms with Gasteiger partial charge in [-0.2, -0.15) is 17.0 Å². The first-order valence-corrected chi connectivity index (χ1v) is 17.2. The summed E-state index contributed by atoms with van der Waals surface area (Å²) in [7, 11) is 0.736. The van der Waals surface area contributed by atoms with Crippen molar-refractivity contribution in [2.24, 2.45) is 0 Å². The van der Waals surface area contributed by atoms with Gasteiger partial charge in [0.05, 0.1) is 38.5 Å². The second-order valence-corrected chi connectivity index (χ2v) is 14.3. The van der Waals surface area contributed by atoms with E-state index in [9.17, 15) is 18.3 Å². The zero-order valence-corrected chi connectivity index (χ0v) is 27.7. The number of hydrogen-bond donors (Lipinski definition) is 1. The predicted molar refractivity (Wildman–Crippen MR) is 170 cm³/mol. The van der Waals surface area contributed by atoms with Crippen LogP contribution in [0.3, 0.4) is 0 Å². The molecule has 244 valence electrons. The lowest BCUT2D eigenvalue weighted by Crippen LogP contribution is -2.54. The second-order valence-electron chi connectivity index (χ2n) is 11.9. The Morgan fingerprint density at radius 1 is 1.09 bits per heavy atom. The van der Waals surface area contributed by atoms with Crippen LogP contribution >= 0.6 is 11.6 Å². The Morgan fingerprint density at radius 2 is 1.80 bits per heavy atom. The number of rotatable bonds is 13. The molecule has 2 aliphatic rings. The molecule has 1 N–H and O–H groups in total. The van der Waals surface area contributed by atoms with Crippen LogP contribution in [0.5, 0.6) is 11.5 Å². The molecule has 1 saturated carbocycles. The van der Waals surface area contributed by atoms with Gasteiger partial charge in [0.15, 0.2) is 0 Å². The van der Waals surface area contributed by atoms with Gasteiger partial charge >= 0.3 is 6.09 Å². The van der Waals surface area contributed by atoms with Gasteiger partial charge in [0.2, 0.25) is 0 Å². The van der Waals surface area contributed by atoms with Gasteiger partial charge in [-0.3, -0.25) is 4.90 Å². The molecule has 1 amide bonds. The summed E-state index contributed by atoms with van der Waals surface area (Å²) in [6.07, 6.45) is 3.96. The van der Waals surface area contributed by atoms with Crippen molar-refractivity contribution in [1.29, 1.82) is 0 Å². The highest BCUT2D eigenvalue weighted by atomic mass is 35.5. The van der Waals surface area contributed by atoms with Crippen molar-refractivity contribution >= 4 is 27.9 Å². The maximum absolute atomic E-state index is 13.8. The van der Waals surface area contributed by atoms with Crippen molar-refractivity contribution < 1.29 is 32.5 Å². The van der Waals surface area contributed by atoms with E-state index in [4.69, 9.17) is 25.8 Å². The van der Waals surface area contributed by atoms with Crippen LogP contribution in [0.4, 0.5) is 4.79 Å². The third-order valence-electron chi connectivity index (χ3n) is 8.72. The molecule has 2 fully saturated rings. The van der Waals surface area contributed by atoms with E-state index in [1.54, 1.807) is 30.2 Å². The van der Waals surface area contributed by atoms with Gasteiger partial charge in [-0.05, 0) is 86.8 Å². The van der Waals surface area contributed by atoms with E-state index in [-0.39, 0.29) is 37.7 Å². The van der Waals surface area contributed by atoms with E-state index in [1.165, 1.54) is 22.7 Å². The molecule has 1 aliphatic carbocycles. The van der Waals surface area contributed by atoms with Gasteiger partial charge in [-0.15, -0.1) is 11.6 Å². The number of carbonyl (C=O) groups excluding carboxylic acids is 1. The van der Waals surface area contributed by atoms with Crippen molar-refractivity contribution in [3.8, 4) is 11.5 Å². The molecule has 0 radical (unpaired) electrons. The summed E-state index contributed by atoms with van der Waals surface area (Å²) in [5, 5.41) is 9.91. The van der Waals surface area contributed by atoms with E-state index in [1.807, 2.05) is 37.3 Å². The van der Waals surface area contributed by atoms with E-state index < -0.39 is 28.4 Å². The monoisotopic (exact) mass is 651 g/mol. The van der Waals surface area contributed by atoms with E-state index in [0.717, 1.165) is 36.8 Å². The SMILES string of the molecule is COc1ccc(CN([C@H]2CC(C)N(C(=O)OCCCCl)[C@H]2COC2CCC(c3cccc(O)c3)CC2)S(=O)(=O)N(C)C)cc1. The minimum absolute atomic E-state index is 0.0188. The fourth-order valence-corrected chi connectivity index (χ4v) is 7.71. The third kappa shape index (κ3) is 8.37. The molecule has 44 heavy (non-hydrogen) atoms. The summed E-state index contributed by atoms with van der Waals surface area (Å²) < 4.78 is 47.7. The van der Waals surface area contributed by atoms with Gasteiger partial charge in [0.1, 0.15) is 11.5 Å². The first-order valence-electron chi connectivity index (χ1n) is 15.3. The fraction of sp³-hybridized carbons (Fsp3) is 0.594. The first kappa shape index (κ1) is 34.3. The molecule has 12 heteroatoms. The molecule has 0 bridgehead atoms. The van der Waals surface area contributed by atoms with Gasteiger partial charge in [0, 0.05) is 32.6 Å². The summed E-state index contributed by atoms with van der Waals surface area (Å²) in [5.41, 5.74) is 1.93. The molecule has 0 aromatic heterocycles. The van der Waals surface area contributed by atoms with Gasteiger partial charge < -0.3 is 19.3 Å². The highest BCUT2D eigenvalue weighted by molar-refractivity contribution is 7.86. The molecule has 1 unspecified atom stereocenters. The molecule has 1 heterocycles. The number of methoxy groups -OCH3 is 1. The smallest absolute Gasteiger partial charge is 0.410 e. The highest BCUT2D eigenvalue weighted by Gasteiger charge is 2.49. The number of amides is 1. The lowest BCUT2D eigenvalue weighted by Gasteiger charge is -2.37. The van der Waals surface area contributed by atoms with Crippen LogP contribution < -0.4 is 4.74 Å². The number of carbonyl (C=O) groups is 1. The number of phenolic OH excluding ortho intramolecular Hbond substituents is 1. The normalized spacial score (nSPS) is 24.2. The molecule has 2 aromatic carbocycles. The summed E-state index contributed by atoms with van der Waals surface area (Å²) in [4.78, 5) is 15.0. The maximum atomic E-state index is 13.8. The van der Waals surface area contributed by atoms with E-state index >= 15 is 0 Å². The predicted octanol–water partition coefficient (Wildman–Crippen LogP) is 5.35. The summed E-state index contributed by atoms with van der Waals surface area (Å²) in [6, 6.07) is 13.4. The molecular formula is C32H46ClN3O7S. The number of likely N-dealkylation sites (tertiary alicyclic amines) is 1. The number of benzene rings is 2. The van der Waals surface area contributed by atoms with Crippen molar-refractivity contribution in [3.05, 3.63) is 59.7 Å². The van der Waals surface area contributed by atoms with Crippen LogP contribution in [-0.2, 0) is 26.2 Å². The molecule has 1 saturated heterocycles. The summed E-state index contributed by atoms with van der Waals surface area (Å²) in [6.45, 7) is 2.42. The van der Waals surface area contributed by atoms with Crippen molar-refractivity contribution in [1.82, 2.24) is 13.5 Å². The Balaban J connectivity index is 1.55.